The van der Waals surface area contributed by atoms with Crippen LogP contribution in [-0.2, 0) is 4.79 Å². The molecule has 9 heteroatoms. The molecule has 0 radical (unpaired) electrons. The molecule has 0 saturated carbocycles. The molecule has 3 rings (SSSR count). The number of nitrogens with zero attached hydrogens (tertiary/aromatic N) is 2. The van der Waals surface area contributed by atoms with E-state index in [1.54, 1.807) is 31.2 Å². The predicted molar refractivity (Wildman–Crippen MR) is 101 cm³/mol. The number of nitrogens with one attached hydrogen (secondary N) is 2. The van der Waals surface area contributed by atoms with Crippen molar-refractivity contribution >= 4 is 57.7 Å². The van der Waals surface area contributed by atoms with Crippen molar-refractivity contribution in [1.29, 1.82) is 0 Å². The van der Waals surface area contributed by atoms with Crippen molar-refractivity contribution in [3.05, 3.63) is 40.5 Å². The quantitative estimate of drug-likeness (QED) is 0.624. The first-order valence-electron chi connectivity index (χ1n) is 7.28. The van der Waals surface area contributed by atoms with Gasteiger partial charge in [-0.3, -0.25) is 4.79 Å². The van der Waals surface area contributed by atoms with E-state index in [1.807, 2.05) is 0 Å². The van der Waals surface area contributed by atoms with E-state index in [9.17, 15) is 4.79 Å². The summed E-state index contributed by atoms with van der Waals surface area (Å²) >= 11 is 13.2. The Morgan fingerprint density at radius 3 is 2.88 bits per heavy atom. The summed E-state index contributed by atoms with van der Waals surface area (Å²) in [5, 5.41) is 4.03. The van der Waals surface area contributed by atoms with Gasteiger partial charge in [-0.05, 0) is 31.2 Å². The fraction of sp³-hybridized carbons (Fsp3) is 0.188. The number of amides is 1. The molecule has 1 atom stereocenters. The number of hydrogen-bond acceptors (Lipinski definition) is 5. The zero-order valence-electron chi connectivity index (χ0n) is 13.3. The van der Waals surface area contributed by atoms with E-state index in [0.717, 1.165) is 5.52 Å². The third-order valence-electron chi connectivity index (χ3n) is 3.36. The third kappa shape index (κ3) is 4.18. The fourth-order valence-corrected chi connectivity index (χ4v) is 3.28. The number of H-pyrrole nitrogens is 1. The van der Waals surface area contributed by atoms with Gasteiger partial charge in [0.2, 0.25) is 5.91 Å². The lowest BCUT2D eigenvalue weighted by atomic mass is 10.3. The molecule has 0 fully saturated rings. The van der Waals surface area contributed by atoms with Crippen LogP contribution in [0.3, 0.4) is 0 Å². The summed E-state index contributed by atoms with van der Waals surface area (Å²) < 4.78 is 5.23. The Hall–Kier alpha value is -1.96. The van der Waals surface area contributed by atoms with Gasteiger partial charge in [-0.1, -0.05) is 35.0 Å². The Labute approximate surface area is 158 Å². The maximum absolute atomic E-state index is 12.5. The number of anilines is 1. The predicted octanol–water partition coefficient (Wildman–Crippen LogP) is 4.39. The topological polar surface area (TPSA) is 79.9 Å². The van der Waals surface area contributed by atoms with Crippen molar-refractivity contribution in [2.75, 3.05) is 12.4 Å². The average molecular weight is 397 g/mol. The van der Waals surface area contributed by atoms with Gasteiger partial charge < -0.3 is 15.0 Å². The van der Waals surface area contributed by atoms with E-state index in [4.69, 9.17) is 27.9 Å². The molecule has 0 aliphatic rings. The third-order valence-corrected chi connectivity index (χ3v) is 4.79. The second-order valence-corrected chi connectivity index (χ2v) is 7.36. The minimum atomic E-state index is -0.403. The van der Waals surface area contributed by atoms with Gasteiger partial charge in [0.05, 0.1) is 28.6 Å². The molecule has 6 nitrogen and oxygen atoms in total. The Kier molecular flexibility index (Phi) is 5.36. The minimum Gasteiger partial charge on any atom is -0.495 e. The molecular formula is C16H14Cl2N4O2S. The van der Waals surface area contributed by atoms with Crippen LogP contribution in [0.15, 0.2) is 35.6 Å². The number of halogens is 2. The van der Waals surface area contributed by atoms with Gasteiger partial charge in [0.25, 0.3) is 0 Å². The largest absolute Gasteiger partial charge is 0.495 e. The van der Waals surface area contributed by atoms with Gasteiger partial charge in [-0.15, -0.1) is 0 Å². The number of carbonyl (C=O) groups is 1. The number of ether oxygens (including phenoxy) is 1. The number of carbonyl (C=O) groups excluding carboxylic acids is 1. The van der Waals surface area contributed by atoms with E-state index < -0.39 is 5.25 Å². The number of hydrogen-bond donors (Lipinski definition) is 2. The molecule has 2 heterocycles. The van der Waals surface area contributed by atoms with E-state index in [1.165, 1.54) is 25.1 Å². The highest BCUT2D eigenvalue weighted by Gasteiger charge is 2.18. The van der Waals surface area contributed by atoms with Crippen molar-refractivity contribution < 1.29 is 9.53 Å². The standard InChI is InChI=1S/C16H14Cl2N4O2S/c1-8(15(23)20-11-5-9(17)3-4-13(11)24-2)25-16-21-12-6-10(18)7-19-14(12)22-16/h3-8H,1-2H3,(H,20,23)(H,19,21,22)/t8-/m0/s1. The zero-order chi connectivity index (χ0) is 18.0. The maximum Gasteiger partial charge on any atom is 0.237 e. The van der Waals surface area contributed by atoms with Crippen LogP contribution in [0.4, 0.5) is 5.69 Å². The lowest BCUT2D eigenvalue weighted by Gasteiger charge is -2.13. The second kappa shape index (κ2) is 7.51. The molecule has 130 valence electrons. The Balaban J connectivity index is 1.72. The Bertz CT molecular complexity index is 932. The summed E-state index contributed by atoms with van der Waals surface area (Å²) in [6.07, 6.45) is 1.53. The number of benzene rings is 1. The van der Waals surface area contributed by atoms with E-state index in [2.05, 4.69) is 20.3 Å². The van der Waals surface area contributed by atoms with Crippen LogP contribution < -0.4 is 10.1 Å². The van der Waals surface area contributed by atoms with Gasteiger partial charge >= 0.3 is 0 Å². The molecule has 0 bridgehead atoms. The van der Waals surface area contributed by atoms with Crippen LogP contribution in [0.2, 0.25) is 10.0 Å². The number of aromatic amines is 1. The van der Waals surface area contributed by atoms with Crippen LogP contribution in [0.25, 0.3) is 11.2 Å². The van der Waals surface area contributed by atoms with E-state index in [0.29, 0.717) is 32.3 Å². The summed E-state index contributed by atoms with van der Waals surface area (Å²) in [5.41, 5.74) is 1.79. The molecule has 2 aromatic heterocycles. The Morgan fingerprint density at radius 2 is 2.12 bits per heavy atom. The molecule has 25 heavy (non-hydrogen) atoms. The number of aromatic nitrogens is 3. The molecule has 0 aliphatic heterocycles. The number of methoxy groups -OCH3 is 1. The highest BCUT2D eigenvalue weighted by Crippen LogP contribution is 2.29. The highest BCUT2D eigenvalue weighted by molar-refractivity contribution is 8.00. The summed E-state index contributed by atoms with van der Waals surface area (Å²) in [4.78, 5) is 24.0. The zero-order valence-corrected chi connectivity index (χ0v) is 15.7. The van der Waals surface area contributed by atoms with E-state index in [-0.39, 0.29) is 5.91 Å². The molecule has 0 saturated heterocycles. The average Bonchev–Trinajstić information content (AvgIpc) is 2.96. The first-order chi connectivity index (χ1) is 12.0. The first kappa shape index (κ1) is 17.8. The van der Waals surface area contributed by atoms with E-state index >= 15 is 0 Å². The van der Waals surface area contributed by atoms with Crippen LogP contribution in [0.5, 0.6) is 5.75 Å². The number of imidazole rings is 1. The van der Waals surface area contributed by atoms with Crippen LogP contribution in [-0.4, -0.2) is 33.2 Å². The summed E-state index contributed by atoms with van der Waals surface area (Å²) in [7, 11) is 1.53. The van der Waals surface area contributed by atoms with Crippen molar-refractivity contribution in [2.24, 2.45) is 0 Å². The SMILES string of the molecule is COc1ccc(Cl)cc1NC(=O)[C@H](C)Sc1nc2ncc(Cl)cc2[nH]1. The van der Waals surface area contributed by atoms with Crippen LogP contribution in [0.1, 0.15) is 6.92 Å². The van der Waals surface area contributed by atoms with Crippen molar-refractivity contribution in [3.63, 3.8) is 0 Å². The number of pyridine rings is 1. The van der Waals surface area contributed by atoms with Crippen molar-refractivity contribution in [3.8, 4) is 5.75 Å². The number of fused-ring (bicyclic) bond motifs is 1. The maximum atomic E-state index is 12.5. The van der Waals surface area contributed by atoms with Gasteiger partial charge in [-0.25, -0.2) is 9.97 Å². The van der Waals surface area contributed by atoms with Gasteiger partial charge in [0.1, 0.15) is 5.75 Å². The van der Waals surface area contributed by atoms with Crippen molar-refractivity contribution in [2.45, 2.75) is 17.3 Å². The molecular weight excluding hydrogens is 383 g/mol. The monoisotopic (exact) mass is 396 g/mol. The molecule has 3 aromatic rings. The van der Waals surface area contributed by atoms with Gasteiger partial charge in [-0.2, -0.15) is 0 Å². The lowest BCUT2D eigenvalue weighted by Crippen LogP contribution is -2.22. The molecule has 0 spiro atoms. The summed E-state index contributed by atoms with van der Waals surface area (Å²) in [6, 6.07) is 6.77. The molecule has 1 amide bonds. The van der Waals surface area contributed by atoms with Gasteiger partial charge in [0.15, 0.2) is 10.8 Å². The highest BCUT2D eigenvalue weighted by atomic mass is 35.5. The fourth-order valence-electron chi connectivity index (χ4n) is 2.14. The lowest BCUT2D eigenvalue weighted by molar-refractivity contribution is -0.115. The molecule has 2 N–H and O–H groups in total. The molecule has 0 unspecified atom stereocenters. The smallest absolute Gasteiger partial charge is 0.237 e. The number of thioether (sulfide) groups is 1. The molecule has 1 aromatic carbocycles. The normalized spacial score (nSPS) is 12.2. The van der Waals surface area contributed by atoms with Crippen LogP contribution in [0, 0.1) is 0 Å². The summed E-state index contributed by atoms with van der Waals surface area (Å²) in [5.74, 6) is 0.342. The summed E-state index contributed by atoms with van der Waals surface area (Å²) in [6.45, 7) is 1.78. The van der Waals surface area contributed by atoms with Crippen molar-refractivity contribution in [1.82, 2.24) is 15.0 Å². The second-order valence-electron chi connectivity index (χ2n) is 5.16. The van der Waals surface area contributed by atoms with Gasteiger partial charge in [0, 0.05) is 11.2 Å². The van der Waals surface area contributed by atoms with Crippen LogP contribution >= 0.6 is 35.0 Å². The Morgan fingerprint density at radius 1 is 1.32 bits per heavy atom. The first-order valence-corrected chi connectivity index (χ1v) is 8.92. The minimum absolute atomic E-state index is 0.197. The number of rotatable bonds is 5. The molecule has 0 aliphatic carbocycles.